The fourth-order valence-corrected chi connectivity index (χ4v) is 5.73. The number of hydrogen-bond donors (Lipinski definition) is 3. The summed E-state index contributed by atoms with van der Waals surface area (Å²) in [4.78, 5) is 25.1. The molecule has 3 amide bonds. The van der Waals surface area contributed by atoms with E-state index < -0.39 is 16.1 Å². The van der Waals surface area contributed by atoms with Crippen molar-refractivity contribution in [2.75, 3.05) is 22.5 Å². The zero-order valence-corrected chi connectivity index (χ0v) is 20.2. The van der Waals surface area contributed by atoms with Crippen LogP contribution in [0.15, 0.2) is 83.8 Å². The number of para-hydroxylation sites is 1. The highest BCUT2D eigenvalue weighted by atomic mass is 32.2. The Balaban J connectivity index is 1.39. The minimum Gasteiger partial charge on any atom is -0.322 e. The van der Waals surface area contributed by atoms with Gasteiger partial charge in [-0.15, -0.1) is 0 Å². The molecule has 3 N–H and O–H groups in total. The van der Waals surface area contributed by atoms with E-state index in [-0.39, 0.29) is 16.8 Å². The van der Waals surface area contributed by atoms with Crippen molar-refractivity contribution in [3.05, 3.63) is 84.4 Å². The number of hydrogen-bond acceptors (Lipinski definition) is 4. The molecule has 35 heavy (non-hydrogen) atoms. The second kappa shape index (κ2) is 10.7. The molecule has 1 fully saturated rings. The lowest BCUT2D eigenvalue weighted by atomic mass is 10.1. The van der Waals surface area contributed by atoms with Crippen LogP contribution in [0.1, 0.15) is 36.5 Å². The minimum atomic E-state index is -3.60. The molecule has 4 rings (SSSR count). The second-order valence-corrected chi connectivity index (χ2v) is 10.4. The third kappa shape index (κ3) is 6.06. The lowest BCUT2D eigenvalue weighted by Gasteiger charge is -2.32. The Labute approximate surface area is 205 Å². The molecule has 0 saturated carbocycles. The van der Waals surface area contributed by atoms with Gasteiger partial charge in [-0.05, 0) is 74.4 Å². The lowest BCUT2D eigenvalue weighted by molar-refractivity contribution is 0.102. The van der Waals surface area contributed by atoms with Gasteiger partial charge in [-0.3, -0.25) is 4.79 Å². The number of nitrogens with one attached hydrogen (secondary N) is 3. The average molecular weight is 493 g/mol. The number of amides is 3. The van der Waals surface area contributed by atoms with Crippen LogP contribution in [0.4, 0.5) is 21.9 Å². The van der Waals surface area contributed by atoms with E-state index in [0.29, 0.717) is 29.2 Å². The van der Waals surface area contributed by atoms with Crippen molar-refractivity contribution in [3.8, 4) is 0 Å². The van der Waals surface area contributed by atoms with E-state index in [1.54, 1.807) is 36.4 Å². The van der Waals surface area contributed by atoms with Crippen LogP contribution in [0.5, 0.6) is 0 Å². The molecule has 1 saturated heterocycles. The van der Waals surface area contributed by atoms with Gasteiger partial charge in [0.2, 0.25) is 10.0 Å². The summed E-state index contributed by atoms with van der Waals surface area (Å²) >= 11 is 0. The molecule has 1 heterocycles. The Bertz CT molecular complexity index is 1290. The van der Waals surface area contributed by atoms with Crippen molar-refractivity contribution in [1.82, 2.24) is 4.31 Å². The maximum Gasteiger partial charge on any atom is 0.323 e. The largest absolute Gasteiger partial charge is 0.323 e. The number of anilines is 3. The molecule has 9 heteroatoms. The Morgan fingerprint density at radius 1 is 0.800 bits per heavy atom. The van der Waals surface area contributed by atoms with E-state index in [1.807, 2.05) is 25.1 Å². The first-order chi connectivity index (χ1) is 16.8. The van der Waals surface area contributed by atoms with Crippen LogP contribution in [-0.2, 0) is 10.0 Å². The first kappa shape index (κ1) is 24.4. The van der Waals surface area contributed by atoms with Gasteiger partial charge in [-0.2, -0.15) is 4.31 Å². The van der Waals surface area contributed by atoms with Crippen LogP contribution >= 0.6 is 0 Å². The second-order valence-electron chi connectivity index (χ2n) is 8.47. The molecule has 0 aromatic heterocycles. The van der Waals surface area contributed by atoms with Gasteiger partial charge in [0.1, 0.15) is 0 Å². The van der Waals surface area contributed by atoms with Gasteiger partial charge in [-0.25, -0.2) is 13.2 Å². The van der Waals surface area contributed by atoms with Crippen molar-refractivity contribution < 1.29 is 18.0 Å². The monoisotopic (exact) mass is 492 g/mol. The molecule has 0 radical (unpaired) electrons. The van der Waals surface area contributed by atoms with E-state index in [1.165, 1.54) is 28.6 Å². The van der Waals surface area contributed by atoms with Gasteiger partial charge in [-0.1, -0.05) is 30.7 Å². The van der Waals surface area contributed by atoms with Crippen LogP contribution in [0.2, 0.25) is 0 Å². The Morgan fingerprint density at radius 2 is 1.43 bits per heavy atom. The van der Waals surface area contributed by atoms with Crippen LogP contribution in [0.25, 0.3) is 0 Å². The summed E-state index contributed by atoms with van der Waals surface area (Å²) in [5.74, 6) is -0.383. The highest BCUT2D eigenvalue weighted by molar-refractivity contribution is 7.89. The zero-order valence-electron chi connectivity index (χ0n) is 19.4. The van der Waals surface area contributed by atoms with Crippen LogP contribution in [0.3, 0.4) is 0 Å². The summed E-state index contributed by atoms with van der Waals surface area (Å²) in [6.07, 6.45) is 2.73. The summed E-state index contributed by atoms with van der Waals surface area (Å²) in [6.45, 7) is 2.44. The Morgan fingerprint density at radius 3 is 2.11 bits per heavy atom. The van der Waals surface area contributed by atoms with Crippen LogP contribution in [-0.4, -0.2) is 37.2 Å². The average Bonchev–Trinajstić information content (AvgIpc) is 2.85. The Hall–Kier alpha value is -3.69. The molecule has 0 spiro atoms. The normalized spacial score (nSPS) is 16.3. The van der Waals surface area contributed by atoms with E-state index in [4.69, 9.17) is 0 Å². The lowest BCUT2D eigenvalue weighted by Crippen LogP contribution is -2.41. The smallest absolute Gasteiger partial charge is 0.322 e. The number of piperidine rings is 1. The topological polar surface area (TPSA) is 108 Å². The zero-order chi connectivity index (χ0) is 24.8. The number of carbonyl (C=O) groups excluding carboxylic acids is 2. The molecule has 3 aromatic rings. The molecule has 1 aliphatic heterocycles. The van der Waals surface area contributed by atoms with Crippen molar-refractivity contribution >= 4 is 39.0 Å². The molecule has 182 valence electrons. The van der Waals surface area contributed by atoms with Crippen molar-refractivity contribution in [3.63, 3.8) is 0 Å². The summed E-state index contributed by atoms with van der Waals surface area (Å²) < 4.78 is 27.5. The van der Waals surface area contributed by atoms with Crippen LogP contribution in [0, 0.1) is 0 Å². The fraction of sp³-hybridized carbons (Fsp3) is 0.231. The maximum absolute atomic E-state index is 13.0. The fourth-order valence-electron chi connectivity index (χ4n) is 4.04. The van der Waals surface area contributed by atoms with Gasteiger partial charge in [0.25, 0.3) is 5.91 Å². The van der Waals surface area contributed by atoms with E-state index in [2.05, 4.69) is 16.0 Å². The molecule has 0 bridgehead atoms. The molecule has 1 aliphatic rings. The molecule has 8 nitrogen and oxygen atoms in total. The van der Waals surface area contributed by atoms with Gasteiger partial charge in [0, 0.05) is 35.2 Å². The number of sulfonamides is 1. The molecule has 1 unspecified atom stereocenters. The van der Waals surface area contributed by atoms with Gasteiger partial charge >= 0.3 is 6.03 Å². The number of benzene rings is 3. The number of carbonyl (C=O) groups is 2. The number of rotatable bonds is 6. The van der Waals surface area contributed by atoms with Gasteiger partial charge < -0.3 is 16.0 Å². The Kier molecular flexibility index (Phi) is 7.48. The standard InChI is InChI=1S/C26H28N4O4S/c1-19-8-5-6-17-30(19)35(33,34)24-15-13-20(14-16-24)25(31)27-22-11-7-12-23(18-22)29-26(32)28-21-9-3-2-4-10-21/h2-4,7,9-16,18-19H,5-6,8,17H2,1H3,(H,27,31)(H2,28,29,32). The van der Waals surface area contributed by atoms with E-state index >= 15 is 0 Å². The minimum absolute atomic E-state index is 0.0348. The third-order valence-electron chi connectivity index (χ3n) is 5.88. The predicted molar refractivity (Wildman–Crippen MR) is 137 cm³/mol. The van der Waals surface area contributed by atoms with Gasteiger partial charge in [0.05, 0.1) is 4.90 Å². The molecular weight excluding hydrogens is 464 g/mol. The SMILES string of the molecule is CC1CCCCN1S(=O)(=O)c1ccc(C(=O)Nc2cccc(NC(=O)Nc3ccccc3)c2)cc1. The molecule has 3 aromatic carbocycles. The third-order valence-corrected chi connectivity index (χ3v) is 7.90. The van der Waals surface area contributed by atoms with Crippen molar-refractivity contribution in [1.29, 1.82) is 0 Å². The van der Waals surface area contributed by atoms with E-state index in [9.17, 15) is 18.0 Å². The van der Waals surface area contributed by atoms with Gasteiger partial charge in [0.15, 0.2) is 0 Å². The maximum atomic E-state index is 13.0. The predicted octanol–water partition coefficient (Wildman–Crippen LogP) is 5.15. The summed E-state index contributed by atoms with van der Waals surface area (Å²) in [5, 5.41) is 8.24. The highest BCUT2D eigenvalue weighted by Gasteiger charge is 2.30. The first-order valence-corrected chi connectivity index (χ1v) is 12.9. The number of urea groups is 1. The summed E-state index contributed by atoms with van der Waals surface area (Å²) in [7, 11) is -3.60. The summed E-state index contributed by atoms with van der Waals surface area (Å²) in [6, 6.07) is 21.3. The molecule has 0 aliphatic carbocycles. The van der Waals surface area contributed by atoms with Crippen molar-refractivity contribution in [2.45, 2.75) is 37.1 Å². The van der Waals surface area contributed by atoms with Crippen molar-refractivity contribution in [2.24, 2.45) is 0 Å². The first-order valence-electron chi connectivity index (χ1n) is 11.5. The number of nitrogens with zero attached hydrogens (tertiary/aromatic N) is 1. The summed E-state index contributed by atoms with van der Waals surface area (Å²) in [5.41, 5.74) is 1.99. The molecular formula is C26H28N4O4S. The highest BCUT2D eigenvalue weighted by Crippen LogP contribution is 2.25. The quantitative estimate of drug-likeness (QED) is 0.442. The van der Waals surface area contributed by atoms with Crippen LogP contribution < -0.4 is 16.0 Å². The van der Waals surface area contributed by atoms with E-state index in [0.717, 1.165) is 19.3 Å². The molecule has 1 atom stereocenters.